The Bertz CT molecular complexity index is 655. The number of carbonyl (C=O) groups is 1. The summed E-state index contributed by atoms with van der Waals surface area (Å²) in [5.41, 5.74) is 2.39. The van der Waals surface area contributed by atoms with Crippen molar-refractivity contribution in [2.24, 2.45) is 0 Å². The number of rotatable bonds is 3. The van der Waals surface area contributed by atoms with Crippen LogP contribution in [0.15, 0.2) is 48.5 Å². The summed E-state index contributed by atoms with van der Waals surface area (Å²) in [6.45, 7) is 3.89. The second-order valence-corrected chi connectivity index (χ2v) is 4.85. The number of carbonyl (C=O) groups excluding carboxylic acids is 1. The fourth-order valence-corrected chi connectivity index (χ4v) is 2.54. The first-order valence-corrected chi connectivity index (χ1v) is 7.18. The van der Waals surface area contributed by atoms with Gasteiger partial charge >= 0.3 is 0 Å². The van der Waals surface area contributed by atoms with Crippen molar-refractivity contribution >= 4 is 17.3 Å². The second-order valence-electron chi connectivity index (χ2n) is 4.85. The van der Waals surface area contributed by atoms with Crippen LogP contribution in [0, 0.1) is 0 Å². The molecule has 0 unspecified atom stereocenters. The lowest BCUT2D eigenvalue weighted by atomic mass is 10.1. The zero-order valence-corrected chi connectivity index (χ0v) is 12.0. The maximum absolute atomic E-state index is 12.9. The van der Waals surface area contributed by atoms with Crippen LogP contribution in [0.5, 0.6) is 5.75 Å². The third kappa shape index (κ3) is 2.57. The van der Waals surface area contributed by atoms with Gasteiger partial charge in [0.2, 0.25) is 0 Å². The van der Waals surface area contributed by atoms with Crippen molar-refractivity contribution < 1.29 is 9.53 Å². The number of nitrogens with one attached hydrogen (secondary N) is 1. The average molecular weight is 282 g/mol. The molecule has 1 amide bonds. The molecule has 1 aliphatic heterocycles. The highest BCUT2D eigenvalue weighted by Crippen LogP contribution is 2.32. The Kier molecular flexibility index (Phi) is 3.77. The van der Waals surface area contributed by atoms with E-state index in [0.717, 1.165) is 23.7 Å². The lowest BCUT2D eigenvalue weighted by Gasteiger charge is -2.30. The van der Waals surface area contributed by atoms with Crippen LogP contribution in [0.2, 0.25) is 0 Å². The molecule has 4 nitrogen and oxygen atoms in total. The molecule has 1 aliphatic rings. The fourth-order valence-electron chi connectivity index (χ4n) is 2.54. The summed E-state index contributed by atoms with van der Waals surface area (Å²) in [6, 6.07) is 15.3. The second kappa shape index (κ2) is 5.87. The lowest BCUT2D eigenvalue weighted by Crippen LogP contribution is -2.38. The highest BCUT2D eigenvalue weighted by molar-refractivity contribution is 6.10. The zero-order valence-electron chi connectivity index (χ0n) is 12.0. The van der Waals surface area contributed by atoms with Crippen LogP contribution >= 0.6 is 0 Å². The molecule has 0 fully saturated rings. The van der Waals surface area contributed by atoms with E-state index in [1.165, 1.54) is 0 Å². The molecule has 0 atom stereocenters. The number of ether oxygens (including phenoxy) is 1. The standard InChI is InChI=1S/C17H18N2O2/c1-2-18-14-8-4-3-7-13(14)17(20)19-11-12-21-16-10-6-5-9-15(16)19/h3-10,18H,2,11-12H2,1H3. The van der Waals surface area contributed by atoms with Gasteiger partial charge < -0.3 is 15.0 Å². The van der Waals surface area contributed by atoms with Gasteiger partial charge in [-0.3, -0.25) is 4.79 Å². The quantitative estimate of drug-likeness (QED) is 0.940. The Balaban J connectivity index is 1.97. The summed E-state index contributed by atoms with van der Waals surface area (Å²) in [5.74, 6) is 0.764. The molecule has 0 radical (unpaired) electrons. The monoisotopic (exact) mass is 282 g/mol. The van der Waals surface area contributed by atoms with Gasteiger partial charge in [0, 0.05) is 12.2 Å². The minimum absolute atomic E-state index is 0.00213. The lowest BCUT2D eigenvalue weighted by molar-refractivity contribution is 0.0977. The number of para-hydroxylation sites is 3. The Labute approximate surface area is 124 Å². The van der Waals surface area contributed by atoms with E-state index < -0.39 is 0 Å². The summed E-state index contributed by atoms with van der Waals surface area (Å²) >= 11 is 0. The van der Waals surface area contributed by atoms with Gasteiger partial charge in [-0.2, -0.15) is 0 Å². The van der Waals surface area contributed by atoms with E-state index >= 15 is 0 Å². The topological polar surface area (TPSA) is 41.6 Å². The Hall–Kier alpha value is -2.49. The van der Waals surface area contributed by atoms with Gasteiger partial charge in [-0.25, -0.2) is 0 Å². The maximum Gasteiger partial charge on any atom is 0.260 e. The van der Waals surface area contributed by atoms with Crippen molar-refractivity contribution in [1.29, 1.82) is 0 Å². The molecule has 108 valence electrons. The van der Waals surface area contributed by atoms with Gasteiger partial charge in [0.25, 0.3) is 5.91 Å². The number of amides is 1. The predicted molar refractivity (Wildman–Crippen MR) is 84.2 cm³/mol. The van der Waals surface area contributed by atoms with E-state index in [-0.39, 0.29) is 5.91 Å². The van der Waals surface area contributed by atoms with E-state index in [0.29, 0.717) is 18.7 Å². The van der Waals surface area contributed by atoms with Crippen LogP contribution in [0.4, 0.5) is 11.4 Å². The van der Waals surface area contributed by atoms with Crippen molar-refractivity contribution in [3.05, 3.63) is 54.1 Å². The van der Waals surface area contributed by atoms with Gasteiger partial charge in [-0.1, -0.05) is 24.3 Å². The molecule has 0 saturated heterocycles. The highest BCUT2D eigenvalue weighted by Gasteiger charge is 2.25. The minimum Gasteiger partial charge on any atom is -0.490 e. The van der Waals surface area contributed by atoms with E-state index in [1.807, 2.05) is 55.5 Å². The largest absolute Gasteiger partial charge is 0.490 e. The van der Waals surface area contributed by atoms with E-state index in [4.69, 9.17) is 4.74 Å². The summed E-state index contributed by atoms with van der Waals surface area (Å²) in [4.78, 5) is 14.7. The summed E-state index contributed by atoms with van der Waals surface area (Å²) in [5, 5.41) is 3.24. The Morgan fingerprint density at radius 3 is 2.81 bits per heavy atom. The van der Waals surface area contributed by atoms with Crippen LogP contribution in [-0.2, 0) is 0 Å². The number of nitrogens with zero attached hydrogens (tertiary/aromatic N) is 1. The fraction of sp³-hybridized carbons (Fsp3) is 0.235. The summed E-state index contributed by atoms with van der Waals surface area (Å²) in [7, 11) is 0. The number of fused-ring (bicyclic) bond motifs is 1. The third-order valence-electron chi connectivity index (χ3n) is 3.50. The van der Waals surface area contributed by atoms with Gasteiger partial charge in [-0.15, -0.1) is 0 Å². The van der Waals surface area contributed by atoms with E-state index in [9.17, 15) is 4.79 Å². The Morgan fingerprint density at radius 1 is 1.19 bits per heavy atom. The van der Waals surface area contributed by atoms with Crippen LogP contribution in [0.25, 0.3) is 0 Å². The third-order valence-corrected chi connectivity index (χ3v) is 3.50. The van der Waals surface area contributed by atoms with Crippen LogP contribution in [-0.4, -0.2) is 25.6 Å². The Morgan fingerprint density at radius 2 is 1.95 bits per heavy atom. The smallest absolute Gasteiger partial charge is 0.260 e. The molecule has 2 aromatic carbocycles. The zero-order chi connectivity index (χ0) is 14.7. The van der Waals surface area contributed by atoms with Crippen LogP contribution < -0.4 is 15.0 Å². The van der Waals surface area contributed by atoms with Gasteiger partial charge in [0.1, 0.15) is 12.4 Å². The average Bonchev–Trinajstić information content (AvgIpc) is 2.54. The molecule has 1 heterocycles. The highest BCUT2D eigenvalue weighted by atomic mass is 16.5. The maximum atomic E-state index is 12.9. The summed E-state index contributed by atoms with van der Waals surface area (Å²) < 4.78 is 5.61. The van der Waals surface area contributed by atoms with Gasteiger partial charge in [0.15, 0.2) is 0 Å². The molecular formula is C17H18N2O2. The van der Waals surface area contributed by atoms with E-state index in [2.05, 4.69) is 5.32 Å². The van der Waals surface area contributed by atoms with Crippen molar-refractivity contribution in [1.82, 2.24) is 0 Å². The number of benzene rings is 2. The van der Waals surface area contributed by atoms with Crippen molar-refractivity contribution in [2.75, 3.05) is 29.9 Å². The molecular weight excluding hydrogens is 264 g/mol. The molecule has 0 bridgehead atoms. The minimum atomic E-state index is 0.00213. The summed E-state index contributed by atoms with van der Waals surface area (Å²) in [6.07, 6.45) is 0. The predicted octanol–water partition coefficient (Wildman–Crippen LogP) is 3.16. The first kappa shape index (κ1) is 13.5. The first-order chi connectivity index (χ1) is 10.3. The first-order valence-electron chi connectivity index (χ1n) is 7.18. The molecule has 21 heavy (non-hydrogen) atoms. The van der Waals surface area contributed by atoms with Crippen molar-refractivity contribution in [2.45, 2.75) is 6.92 Å². The van der Waals surface area contributed by atoms with Crippen LogP contribution in [0.1, 0.15) is 17.3 Å². The normalized spacial score (nSPS) is 13.3. The molecule has 1 N–H and O–H groups in total. The number of hydrogen-bond donors (Lipinski definition) is 1. The number of anilines is 2. The molecule has 3 rings (SSSR count). The van der Waals surface area contributed by atoms with Gasteiger partial charge in [0.05, 0.1) is 17.8 Å². The molecule has 0 aromatic heterocycles. The molecule has 0 saturated carbocycles. The molecule has 0 aliphatic carbocycles. The number of hydrogen-bond acceptors (Lipinski definition) is 3. The van der Waals surface area contributed by atoms with Gasteiger partial charge in [-0.05, 0) is 31.2 Å². The van der Waals surface area contributed by atoms with Crippen molar-refractivity contribution in [3.63, 3.8) is 0 Å². The molecule has 0 spiro atoms. The van der Waals surface area contributed by atoms with Crippen molar-refractivity contribution in [3.8, 4) is 5.75 Å². The molecule has 4 heteroatoms. The van der Waals surface area contributed by atoms with Crippen LogP contribution in [0.3, 0.4) is 0 Å². The SMILES string of the molecule is CCNc1ccccc1C(=O)N1CCOc2ccccc21. The molecule has 2 aromatic rings. The van der Waals surface area contributed by atoms with E-state index in [1.54, 1.807) is 4.90 Å².